The van der Waals surface area contributed by atoms with Crippen molar-refractivity contribution in [2.24, 2.45) is 0 Å². The molecular weight excluding hydrogens is 461 g/mol. The van der Waals surface area contributed by atoms with E-state index in [9.17, 15) is 13.2 Å². The Bertz CT molecular complexity index is 1280. The molecule has 0 saturated carbocycles. The zero-order valence-corrected chi connectivity index (χ0v) is 19.3. The van der Waals surface area contributed by atoms with Gasteiger partial charge in [-0.2, -0.15) is 13.2 Å². The molecule has 0 radical (unpaired) electrons. The molecule has 0 aliphatic carbocycles. The van der Waals surface area contributed by atoms with Gasteiger partial charge in [-0.1, -0.05) is 25.1 Å². The van der Waals surface area contributed by atoms with Gasteiger partial charge in [0.15, 0.2) is 0 Å². The summed E-state index contributed by atoms with van der Waals surface area (Å²) in [6, 6.07) is 9.43. The van der Waals surface area contributed by atoms with Gasteiger partial charge in [-0.05, 0) is 30.3 Å². The number of anilines is 3. The third-order valence-electron chi connectivity index (χ3n) is 5.98. The fourth-order valence-corrected chi connectivity index (χ4v) is 4.98. The second-order valence-electron chi connectivity index (χ2n) is 8.05. The highest BCUT2D eigenvalue weighted by Gasteiger charge is 2.34. The van der Waals surface area contributed by atoms with E-state index in [1.807, 2.05) is 12.1 Å². The van der Waals surface area contributed by atoms with E-state index in [2.05, 4.69) is 37.0 Å². The molecule has 0 bridgehead atoms. The number of aromatic nitrogens is 3. The average molecular weight is 485 g/mol. The summed E-state index contributed by atoms with van der Waals surface area (Å²) in [6.07, 6.45) is -1.10. The van der Waals surface area contributed by atoms with Gasteiger partial charge in [0.25, 0.3) is 0 Å². The van der Waals surface area contributed by atoms with Crippen LogP contribution in [0.15, 0.2) is 54.2 Å². The molecule has 1 saturated heterocycles. The molecule has 4 heterocycles. The second kappa shape index (κ2) is 9.19. The Labute approximate surface area is 199 Å². The number of alkyl halides is 3. The molecule has 34 heavy (non-hydrogen) atoms. The zero-order valence-electron chi connectivity index (χ0n) is 18.5. The van der Waals surface area contributed by atoms with E-state index in [1.165, 1.54) is 23.5 Å². The van der Waals surface area contributed by atoms with Crippen LogP contribution in [0.5, 0.6) is 0 Å². The molecular formula is C24H23F3N6S. The van der Waals surface area contributed by atoms with Gasteiger partial charge in [0, 0.05) is 37.1 Å². The summed E-state index contributed by atoms with van der Waals surface area (Å²) in [7, 11) is 0. The van der Waals surface area contributed by atoms with E-state index in [1.54, 1.807) is 23.8 Å². The van der Waals surface area contributed by atoms with Crippen LogP contribution >= 0.6 is 11.3 Å². The Morgan fingerprint density at radius 1 is 0.971 bits per heavy atom. The zero-order chi connectivity index (χ0) is 23.7. The molecule has 176 valence electrons. The summed E-state index contributed by atoms with van der Waals surface area (Å²) in [5.74, 6) is 1.23. The van der Waals surface area contributed by atoms with Crippen LogP contribution in [0.25, 0.3) is 21.3 Å². The SMILES string of the molecule is CCN1CCN(c2ccc(Nc3ncc4scc(-c5ccccc5C(F)(F)F)c4n3)cn2)CC1. The lowest BCUT2D eigenvalue weighted by molar-refractivity contribution is -0.137. The molecule has 10 heteroatoms. The number of halogens is 3. The Morgan fingerprint density at radius 3 is 2.47 bits per heavy atom. The summed E-state index contributed by atoms with van der Waals surface area (Å²) in [6.45, 7) is 7.14. The van der Waals surface area contributed by atoms with Crippen molar-refractivity contribution in [3.8, 4) is 11.1 Å². The van der Waals surface area contributed by atoms with Crippen LogP contribution in [0, 0.1) is 0 Å². The fraction of sp³-hybridized carbons (Fsp3) is 0.292. The number of hydrogen-bond donors (Lipinski definition) is 1. The molecule has 1 N–H and O–H groups in total. The lowest BCUT2D eigenvalue weighted by atomic mass is 10.0. The van der Waals surface area contributed by atoms with Gasteiger partial charge in [-0.3, -0.25) is 0 Å². The molecule has 3 aromatic heterocycles. The minimum absolute atomic E-state index is 0.111. The van der Waals surface area contributed by atoms with Crippen LogP contribution in [0.1, 0.15) is 12.5 Å². The highest BCUT2D eigenvalue weighted by atomic mass is 32.1. The standard InChI is InChI=1S/C24H23F3N6S/c1-2-32-9-11-33(12-10-32)21-8-7-16(13-28-21)30-23-29-14-20-22(31-23)18(15-34-20)17-5-3-4-6-19(17)24(25,26)27/h3-8,13-15H,2,9-12H2,1H3,(H,29,30,31). The number of benzene rings is 1. The van der Waals surface area contributed by atoms with Crippen molar-refractivity contribution in [3.05, 3.63) is 59.7 Å². The van der Waals surface area contributed by atoms with Crippen molar-refractivity contribution in [1.29, 1.82) is 0 Å². The van der Waals surface area contributed by atoms with E-state index in [-0.39, 0.29) is 5.56 Å². The molecule has 4 aromatic rings. The number of piperazine rings is 1. The van der Waals surface area contributed by atoms with Gasteiger partial charge in [-0.15, -0.1) is 11.3 Å². The van der Waals surface area contributed by atoms with Crippen LogP contribution in [0.2, 0.25) is 0 Å². The van der Waals surface area contributed by atoms with Crippen LogP contribution in [-0.4, -0.2) is 52.6 Å². The summed E-state index contributed by atoms with van der Waals surface area (Å²) in [5, 5.41) is 4.82. The third-order valence-corrected chi connectivity index (χ3v) is 6.89. The van der Waals surface area contributed by atoms with E-state index < -0.39 is 11.7 Å². The lowest BCUT2D eigenvalue weighted by Gasteiger charge is -2.34. The molecule has 5 rings (SSSR count). The Balaban J connectivity index is 1.38. The van der Waals surface area contributed by atoms with E-state index in [0.29, 0.717) is 22.7 Å². The minimum Gasteiger partial charge on any atom is -0.354 e. The number of rotatable bonds is 5. The maximum atomic E-state index is 13.6. The van der Waals surface area contributed by atoms with Crippen LogP contribution < -0.4 is 10.2 Å². The largest absolute Gasteiger partial charge is 0.417 e. The second-order valence-corrected chi connectivity index (χ2v) is 8.96. The normalized spacial score (nSPS) is 15.1. The summed E-state index contributed by atoms with van der Waals surface area (Å²) in [5.41, 5.74) is 1.07. The monoisotopic (exact) mass is 484 g/mol. The molecule has 1 aromatic carbocycles. The first-order chi connectivity index (χ1) is 16.4. The van der Waals surface area contributed by atoms with Gasteiger partial charge >= 0.3 is 6.18 Å². The summed E-state index contributed by atoms with van der Waals surface area (Å²) >= 11 is 1.32. The summed E-state index contributed by atoms with van der Waals surface area (Å²) in [4.78, 5) is 18.1. The molecule has 0 amide bonds. The van der Waals surface area contributed by atoms with Crippen molar-refractivity contribution in [3.63, 3.8) is 0 Å². The number of fused-ring (bicyclic) bond motifs is 1. The molecule has 1 aliphatic rings. The number of nitrogens with one attached hydrogen (secondary N) is 1. The number of hydrogen-bond acceptors (Lipinski definition) is 7. The third kappa shape index (κ3) is 4.55. The Hall–Kier alpha value is -3.24. The van der Waals surface area contributed by atoms with E-state index in [0.717, 1.165) is 49.3 Å². The maximum absolute atomic E-state index is 13.6. The minimum atomic E-state index is -4.45. The molecule has 0 spiro atoms. The molecule has 0 atom stereocenters. The average Bonchev–Trinajstić information content (AvgIpc) is 3.27. The Kier molecular flexibility index (Phi) is 6.09. The van der Waals surface area contributed by atoms with Crippen molar-refractivity contribution in [2.75, 3.05) is 42.9 Å². The van der Waals surface area contributed by atoms with Crippen molar-refractivity contribution in [1.82, 2.24) is 19.9 Å². The van der Waals surface area contributed by atoms with Gasteiger partial charge in [-0.25, -0.2) is 15.0 Å². The van der Waals surface area contributed by atoms with Crippen LogP contribution in [0.4, 0.5) is 30.6 Å². The number of likely N-dealkylation sites (N-methyl/N-ethyl adjacent to an activating group) is 1. The van der Waals surface area contributed by atoms with Gasteiger partial charge in [0.05, 0.1) is 33.9 Å². The topological polar surface area (TPSA) is 57.2 Å². The number of nitrogens with zero attached hydrogens (tertiary/aromatic N) is 5. The van der Waals surface area contributed by atoms with Crippen molar-refractivity contribution in [2.45, 2.75) is 13.1 Å². The molecule has 1 aliphatic heterocycles. The molecule has 0 unspecified atom stereocenters. The number of thiophene rings is 1. The van der Waals surface area contributed by atoms with Gasteiger partial charge < -0.3 is 15.1 Å². The fourth-order valence-electron chi connectivity index (χ4n) is 4.11. The first kappa shape index (κ1) is 22.5. The Morgan fingerprint density at radius 2 is 1.76 bits per heavy atom. The lowest BCUT2D eigenvalue weighted by Crippen LogP contribution is -2.46. The quantitative estimate of drug-likeness (QED) is 0.395. The van der Waals surface area contributed by atoms with E-state index in [4.69, 9.17) is 0 Å². The van der Waals surface area contributed by atoms with E-state index >= 15 is 0 Å². The highest BCUT2D eigenvalue weighted by Crippen LogP contribution is 2.41. The summed E-state index contributed by atoms with van der Waals surface area (Å²) < 4.78 is 41.4. The molecule has 1 fully saturated rings. The first-order valence-electron chi connectivity index (χ1n) is 11.0. The van der Waals surface area contributed by atoms with Gasteiger partial charge in [0.2, 0.25) is 5.95 Å². The van der Waals surface area contributed by atoms with Crippen molar-refractivity contribution < 1.29 is 13.2 Å². The predicted molar refractivity (Wildman–Crippen MR) is 130 cm³/mol. The maximum Gasteiger partial charge on any atom is 0.417 e. The molecule has 6 nitrogen and oxygen atoms in total. The van der Waals surface area contributed by atoms with Crippen LogP contribution in [-0.2, 0) is 6.18 Å². The first-order valence-corrected chi connectivity index (χ1v) is 11.9. The van der Waals surface area contributed by atoms with Crippen molar-refractivity contribution >= 4 is 39.0 Å². The highest BCUT2D eigenvalue weighted by molar-refractivity contribution is 7.17. The number of pyridine rings is 1. The smallest absolute Gasteiger partial charge is 0.354 e. The predicted octanol–water partition coefficient (Wildman–Crippen LogP) is 5.66. The van der Waals surface area contributed by atoms with Crippen LogP contribution in [0.3, 0.4) is 0 Å². The van der Waals surface area contributed by atoms with Gasteiger partial charge in [0.1, 0.15) is 5.82 Å².